The maximum absolute atomic E-state index is 13.6. The average Bonchev–Trinajstić information content (AvgIpc) is 2.85. The number of alkyl halides is 3. The minimum absolute atomic E-state index is 0.119. The van der Waals surface area contributed by atoms with E-state index in [0.29, 0.717) is 37.5 Å². The molecule has 0 spiro atoms. The molecule has 2 aromatic heterocycles. The van der Waals surface area contributed by atoms with E-state index >= 15 is 0 Å². The zero-order valence-corrected chi connectivity index (χ0v) is 21.7. The molecule has 0 bridgehead atoms. The monoisotopic (exact) mass is 568 g/mol. The van der Waals surface area contributed by atoms with Crippen molar-refractivity contribution in [3.8, 4) is 0 Å². The summed E-state index contributed by atoms with van der Waals surface area (Å²) in [6.45, 7) is 2.02. The molecule has 1 aliphatic rings. The molecular formula is C26H22Cl3F3N4O. The highest BCUT2D eigenvalue weighted by molar-refractivity contribution is 6.32. The second-order valence-electron chi connectivity index (χ2n) is 8.60. The van der Waals surface area contributed by atoms with Gasteiger partial charge in [0.15, 0.2) is 5.69 Å². The van der Waals surface area contributed by atoms with Gasteiger partial charge in [0.05, 0.1) is 16.4 Å². The molecule has 4 rings (SSSR count). The topological polar surface area (TPSA) is 58.1 Å². The minimum Gasteiger partial charge on any atom is -0.320 e. The molecule has 0 aliphatic carbocycles. The number of carbonyl (C=O) groups is 1. The number of benzene rings is 1. The number of pyridine rings is 2. The molecule has 1 N–H and O–H groups in total. The van der Waals surface area contributed by atoms with E-state index in [1.54, 1.807) is 0 Å². The van der Waals surface area contributed by atoms with Crippen molar-refractivity contribution in [1.82, 2.24) is 14.9 Å². The van der Waals surface area contributed by atoms with Gasteiger partial charge in [-0.15, -0.1) is 0 Å². The fourth-order valence-corrected chi connectivity index (χ4v) is 4.71. The molecule has 1 aromatic carbocycles. The fraction of sp³-hybridized carbons (Fsp3) is 0.269. The Morgan fingerprint density at radius 1 is 1.08 bits per heavy atom. The number of rotatable bonds is 6. The van der Waals surface area contributed by atoms with Gasteiger partial charge in [-0.2, -0.15) is 13.2 Å². The molecule has 3 heterocycles. The number of carbonyl (C=O) groups excluding carboxylic acids is 1. The standard InChI is InChI=1S/C26H22Cl3F3N4O/c27-19-5-3-16(4-6-19)2-1-11-36-12-8-17(9-13-36)23-21(15-20(28)24(35-23)26(30,31)32)34-25(37)18-7-10-33-22(29)14-18/h1-7,10,14-15,17H,8-9,11-13H2,(H,34,37). The number of nitrogens with zero attached hydrogens (tertiary/aromatic N) is 3. The highest BCUT2D eigenvalue weighted by Crippen LogP contribution is 2.39. The summed E-state index contributed by atoms with van der Waals surface area (Å²) < 4.78 is 40.8. The molecule has 3 aromatic rings. The van der Waals surface area contributed by atoms with Crippen LogP contribution in [0.1, 0.15) is 46.1 Å². The Hall–Kier alpha value is -2.65. The zero-order chi connectivity index (χ0) is 26.6. The molecule has 11 heteroatoms. The summed E-state index contributed by atoms with van der Waals surface area (Å²) in [4.78, 5) is 22.7. The lowest BCUT2D eigenvalue weighted by Crippen LogP contribution is -2.33. The van der Waals surface area contributed by atoms with Crippen molar-refractivity contribution in [1.29, 1.82) is 0 Å². The second-order valence-corrected chi connectivity index (χ2v) is 9.83. The highest BCUT2D eigenvalue weighted by Gasteiger charge is 2.37. The van der Waals surface area contributed by atoms with Gasteiger partial charge < -0.3 is 5.32 Å². The Morgan fingerprint density at radius 2 is 1.78 bits per heavy atom. The Labute approximate surface area is 227 Å². The quantitative estimate of drug-likeness (QED) is 0.311. The lowest BCUT2D eigenvalue weighted by Gasteiger charge is -2.32. The third-order valence-electron chi connectivity index (χ3n) is 6.03. The van der Waals surface area contributed by atoms with Gasteiger partial charge in [0.25, 0.3) is 5.91 Å². The third-order valence-corrected chi connectivity index (χ3v) is 6.78. The van der Waals surface area contributed by atoms with Gasteiger partial charge in [-0.1, -0.05) is 59.1 Å². The van der Waals surface area contributed by atoms with Crippen molar-refractivity contribution in [2.24, 2.45) is 0 Å². The number of halogens is 6. The van der Waals surface area contributed by atoms with E-state index < -0.39 is 22.8 Å². The number of aromatic nitrogens is 2. The van der Waals surface area contributed by atoms with E-state index in [4.69, 9.17) is 34.8 Å². The maximum Gasteiger partial charge on any atom is 0.434 e. The largest absolute Gasteiger partial charge is 0.434 e. The predicted molar refractivity (Wildman–Crippen MR) is 140 cm³/mol. The lowest BCUT2D eigenvalue weighted by molar-refractivity contribution is -0.141. The third kappa shape index (κ3) is 7.23. The number of nitrogens with one attached hydrogen (secondary N) is 1. The number of amides is 1. The van der Waals surface area contributed by atoms with Crippen LogP contribution in [-0.2, 0) is 6.18 Å². The van der Waals surface area contributed by atoms with E-state index in [1.807, 2.05) is 36.4 Å². The SMILES string of the molecule is O=C(Nc1cc(Cl)c(C(F)(F)F)nc1C1CCN(CC=Cc2ccc(Cl)cc2)CC1)c1ccnc(Cl)c1. The molecule has 0 atom stereocenters. The number of hydrogen-bond acceptors (Lipinski definition) is 4. The smallest absolute Gasteiger partial charge is 0.320 e. The summed E-state index contributed by atoms with van der Waals surface area (Å²) in [7, 11) is 0. The normalized spacial score (nSPS) is 15.3. The summed E-state index contributed by atoms with van der Waals surface area (Å²) >= 11 is 17.7. The maximum atomic E-state index is 13.6. The molecule has 1 fully saturated rings. The van der Waals surface area contributed by atoms with Crippen LogP contribution in [0.2, 0.25) is 15.2 Å². The Kier molecular flexibility index (Phi) is 8.75. The van der Waals surface area contributed by atoms with Crippen molar-refractivity contribution in [3.63, 3.8) is 0 Å². The van der Waals surface area contributed by atoms with Crippen LogP contribution in [-0.4, -0.2) is 40.4 Å². The van der Waals surface area contributed by atoms with Crippen LogP contribution in [0.25, 0.3) is 6.08 Å². The molecule has 37 heavy (non-hydrogen) atoms. The molecule has 1 aliphatic heterocycles. The number of anilines is 1. The Bertz CT molecular complexity index is 1290. The molecule has 0 unspecified atom stereocenters. The molecule has 0 saturated carbocycles. The Balaban J connectivity index is 1.50. The molecule has 1 amide bonds. The van der Waals surface area contributed by atoms with E-state index in [-0.39, 0.29) is 28.0 Å². The van der Waals surface area contributed by atoms with Gasteiger partial charge in [-0.3, -0.25) is 9.69 Å². The van der Waals surface area contributed by atoms with E-state index in [1.165, 1.54) is 18.3 Å². The van der Waals surface area contributed by atoms with Crippen LogP contribution < -0.4 is 5.32 Å². The van der Waals surface area contributed by atoms with Gasteiger partial charge in [-0.05, 0) is 61.8 Å². The minimum atomic E-state index is -4.72. The van der Waals surface area contributed by atoms with E-state index in [2.05, 4.69) is 20.2 Å². The van der Waals surface area contributed by atoms with E-state index in [9.17, 15) is 18.0 Å². The first-order valence-electron chi connectivity index (χ1n) is 11.4. The molecular weight excluding hydrogens is 548 g/mol. The Morgan fingerprint density at radius 3 is 2.43 bits per heavy atom. The van der Waals surface area contributed by atoms with Gasteiger partial charge in [-0.25, -0.2) is 9.97 Å². The van der Waals surface area contributed by atoms with Crippen molar-refractivity contribution < 1.29 is 18.0 Å². The number of piperidine rings is 1. The first kappa shape index (κ1) is 27.4. The first-order valence-corrected chi connectivity index (χ1v) is 12.6. The second kappa shape index (κ2) is 11.8. The molecule has 194 valence electrons. The van der Waals surface area contributed by atoms with Crippen molar-refractivity contribution in [2.75, 3.05) is 25.0 Å². The summed E-state index contributed by atoms with van der Waals surface area (Å²) in [5, 5.41) is 2.87. The first-order chi connectivity index (χ1) is 17.6. The summed E-state index contributed by atoms with van der Waals surface area (Å²) in [5.41, 5.74) is 0.394. The van der Waals surface area contributed by atoms with Gasteiger partial charge >= 0.3 is 6.18 Å². The molecule has 0 radical (unpaired) electrons. The van der Waals surface area contributed by atoms with Crippen LogP contribution in [0.3, 0.4) is 0 Å². The highest BCUT2D eigenvalue weighted by atomic mass is 35.5. The van der Waals surface area contributed by atoms with Gasteiger partial charge in [0.2, 0.25) is 0 Å². The van der Waals surface area contributed by atoms with Crippen molar-refractivity contribution in [3.05, 3.63) is 92.5 Å². The summed E-state index contributed by atoms with van der Waals surface area (Å²) in [5.74, 6) is -0.834. The van der Waals surface area contributed by atoms with Gasteiger partial charge in [0.1, 0.15) is 5.15 Å². The van der Waals surface area contributed by atoms with Crippen molar-refractivity contribution in [2.45, 2.75) is 24.9 Å². The van der Waals surface area contributed by atoms with Crippen LogP contribution in [0.5, 0.6) is 0 Å². The summed E-state index contributed by atoms with van der Waals surface area (Å²) in [6, 6.07) is 11.4. The average molecular weight is 570 g/mol. The molecule has 1 saturated heterocycles. The predicted octanol–water partition coefficient (Wildman–Crippen LogP) is 7.60. The zero-order valence-electron chi connectivity index (χ0n) is 19.4. The fourth-order valence-electron chi connectivity index (χ4n) is 4.15. The number of hydrogen-bond donors (Lipinski definition) is 1. The molecule has 5 nitrogen and oxygen atoms in total. The van der Waals surface area contributed by atoms with Crippen molar-refractivity contribution >= 4 is 52.5 Å². The summed E-state index contributed by atoms with van der Waals surface area (Å²) in [6.07, 6.45) is 1.83. The van der Waals surface area contributed by atoms with Crippen LogP contribution >= 0.6 is 34.8 Å². The van der Waals surface area contributed by atoms with Crippen LogP contribution in [0.4, 0.5) is 18.9 Å². The number of likely N-dealkylation sites (tertiary alicyclic amines) is 1. The van der Waals surface area contributed by atoms with Gasteiger partial charge in [0, 0.05) is 29.2 Å². The van der Waals surface area contributed by atoms with Crippen LogP contribution in [0.15, 0.2) is 54.7 Å². The lowest BCUT2D eigenvalue weighted by atomic mass is 9.91. The van der Waals surface area contributed by atoms with E-state index in [0.717, 1.165) is 11.6 Å². The van der Waals surface area contributed by atoms with Crippen LogP contribution in [0, 0.1) is 0 Å².